The number of amides is 1. The Labute approximate surface area is 115 Å². The number of carbonyl (C=O) groups excluding carboxylic acids is 1. The molecule has 3 rings (SSSR count). The van der Waals surface area contributed by atoms with Crippen LogP contribution < -0.4 is 11.1 Å². The highest BCUT2D eigenvalue weighted by molar-refractivity contribution is 5.97. The molecule has 1 aliphatic carbocycles. The minimum Gasteiger partial charge on any atom is -0.507 e. The fraction of sp³-hybridized carbons (Fsp3) is 0.500. The summed E-state index contributed by atoms with van der Waals surface area (Å²) in [6.45, 7) is 0.658. The SMILES string of the molecule is NC1C2CCCOC2C1NC(=O)c1c(O)cccc1F. The molecule has 2 fully saturated rings. The lowest BCUT2D eigenvalue weighted by molar-refractivity contribution is -0.117. The first-order valence-corrected chi connectivity index (χ1v) is 6.75. The molecule has 1 aliphatic heterocycles. The topological polar surface area (TPSA) is 84.6 Å². The number of aromatic hydroxyl groups is 1. The molecule has 2 aliphatic rings. The van der Waals surface area contributed by atoms with Crippen molar-refractivity contribution >= 4 is 5.91 Å². The first-order chi connectivity index (χ1) is 9.59. The van der Waals surface area contributed by atoms with Gasteiger partial charge in [0.1, 0.15) is 17.1 Å². The highest BCUT2D eigenvalue weighted by Gasteiger charge is 2.51. The van der Waals surface area contributed by atoms with Crippen molar-refractivity contribution < 1.29 is 19.0 Å². The molecule has 5 nitrogen and oxygen atoms in total. The van der Waals surface area contributed by atoms with Crippen LogP contribution in [0.4, 0.5) is 4.39 Å². The van der Waals surface area contributed by atoms with E-state index in [4.69, 9.17) is 10.5 Å². The van der Waals surface area contributed by atoms with Crippen LogP contribution in [0.1, 0.15) is 23.2 Å². The molecular formula is C14H17FN2O3. The minimum atomic E-state index is -0.753. The summed E-state index contributed by atoms with van der Waals surface area (Å²) < 4.78 is 19.2. The number of phenolic OH excluding ortho intramolecular Hbond substituents is 1. The Morgan fingerprint density at radius 2 is 2.30 bits per heavy atom. The number of fused-ring (bicyclic) bond motifs is 1. The van der Waals surface area contributed by atoms with Crippen molar-refractivity contribution in [3.63, 3.8) is 0 Å². The standard InChI is InChI=1S/C14H17FN2O3/c15-8-4-1-5-9(18)10(8)14(19)17-12-11(16)7-3-2-6-20-13(7)12/h1,4-5,7,11-13,18H,2-3,6,16H2,(H,17,19). The van der Waals surface area contributed by atoms with Gasteiger partial charge in [-0.2, -0.15) is 0 Å². The summed E-state index contributed by atoms with van der Waals surface area (Å²) in [6.07, 6.45) is 1.86. The molecule has 0 radical (unpaired) electrons. The van der Waals surface area contributed by atoms with Gasteiger partial charge in [-0.15, -0.1) is 0 Å². The molecule has 4 N–H and O–H groups in total. The first kappa shape index (κ1) is 13.3. The second-order valence-electron chi connectivity index (χ2n) is 5.35. The van der Waals surface area contributed by atoms with E-state index in [2.05, 4.69) is 5.32 Å². The molecular weight excluding hydrogens is 263 g/mol. The van der Waals surface area contributed by atoms with E-state index in [1.807, 2.05) is 0 Å². The van der Waals surface area contributed by atoms with Crippen molar-refractivity contribution in [3.8, 4) is 5.75 Å². The molecule has 1 aromatic carbocycles. The highest BCUT2D eigenvalue weighted by atomic mass is 19.1. The molecule has 108 valence electrons. The number of halogens is 1. The van der Waals surface area contributed by atoms with E-state index >= 15 is 0 Å². The molecule has 0 bridgehead atoms. The van der Waals surface area contributed by atoms with Crippen LogP contribution in [-0.4, -0.2) is 35.8 Å². The zero-order valence-electron chi connectivity index (χ0n) is 10.9. The number of benzene rings is 1. The number of hydrogen-bond donors (Lipinski definition) is 3. The Kier molecular flexibility index (Phi) is 3.35. The van der Waals surface area contributed by atoms with E-state index in [-0.39, 0.29) is 35.4 Å². The van der Waals surface area contributed by atoms with Gasteiger partial charge in [0.25, 0.3) is 5.91 Å². The van der Waals surface area contributed by atoms with Crippen molar-refractivity contribution in [2.24, 2.45) is 11.7 Å². The monoisotopic (exact) mass is 280 g/mol. The third-order valence-electron chi connectivity index (χ3n) is 4.19. The molecule has 1 heterocycles. The average Bonchev–Trinajstić information content (AvgIpc) is 2.44. The molecule has 1 saturated heterocycles. The fourth-order valence-corrected chi connectivity index (χ4v) is 3.09. The molecule has 6 heteroatoms. The Balaban J connectivity index is 1.73. The number of phenols is 1. The molecule has 20 heavy (non-hydrogen) atoms. The van der Waals surface area contributed by atoms with Crippen molar-refractivity contribution in [1.82, 2.24) is 5.32 Å². The molecule has 4 unspecified atom stereocenters. The van der Waals surface area contributed by atoms with Crippen molar-refractivity contribution in [2.45, 2.75) is 31.0 Å². The van der Waals surface area contributed by atoms with Crippen molar-refractivity contribution in [2.75, 3.05) is 6.61 Å². The van der Waals surface area contributed by atoms with Crippen LogP contribution in [0.3, 0.4) is 0 Å². The van der Waals surface area contributed by atoms with Gasteiger partial charge in [0.05, 0.1) is 12.1 Å². The molecule has 0 spiro atoms. The minimum absolute atomic E-state index is 0.100. The molecule has 1 saturated carbocycles. The van der Waals surface area contributed by atoms with Gasteiger partial charge in [-0.05, 0) is 25.0 Å². The molecule has 4 atom stereocenters. The van der Waals surface area contributed by atoms with Crippen LogP contribution in [0.2, 0.25) is 0 Å². The average molecular weight is 280 g/mol. The number of carbonyl (C=O) groups is 1. The summed E-state index contributed by atoms with van der Waals surface area (Å²) in [5, 5.41) is 12.3. The van der Waals surface area contributed by atoms with E-state index in [1.54, 1.807) is 0 Å². The third-order valence-corrected chi connectivity index (χ3v) is 4.19. The van der Waals surface area contributed by atoms with Gasteiger partial charge >= 0.3 is 0 Å². The van der Waals surface area contributed by atoms with Crippen LogP contribution in [-0.2, 0) is 4.74 Å². The van der Waals surface area contributed by atoms with Gasteiger partial charge in [-0.1, -0.05) is 6.07 Å². The van der Waals surface area contributed by atoms with E-state index < -0.39 is 11.7 Å². The maximum atomic E-state index is 13.6. The third kappa shape index (κ3) is 2.05. The molecule has 1 aromatic rings. The van der Waals surface area contributed by atoms with E-state index in [1.165, 1.54) is 12.1 Å². The second kappa shape index (κ2) is 5.03. The van der Waals surface area contributed by atoms with Crippen LogP contribution >= 0.6 is 0 Å². The van der Waals surface area contributed by atoms with Gasteiger partial charge in [-0.3, -0.25) is 4.79 Å². The lowest BCUT2D eigenvalue weighted by atomic mass is 9.68. The number of nitrogens with one attached hydrogen (secondary N) is 1. The highest BCUT2D eigenvalue weighted by Crippen LogP contribution is 2.37. The number of ether oxygens (including phenoxy) is 1. The lowest BCUT2D eigenvalue weighted by Gasteiger charge is -2.52. The summed E-state index contributed by atoms with van der Waals surface area (Å²) in [5.74, 6) is -1.54. The predicted octanol–water partition coefficient (Wildman–Crippen LogP) is 0.766. The second-order valence-corrected chi connectivity index (χ2v) is 5.35. The van der Waals surface area contributed by atoms with Crippen molar-refractivity contribution in [3.05, 3.63) is 29.6 Å². The van der Waals surface area contributed by atoms with Crippen LogP contribution in [0, 0.1) is 11.7 Å². The van der Waals surface area contributed by atoms with Crippen LogP contribution in [0.5, 0.6) is 5.75 Å². The summed E-state index contributed by atoms with van der Waals surface area (Å²) in [6, 6.07) is 3.25. The summed E-state index contributed by atoms with van der Waals surface area (Å²) in [7, 11) is 0. The van der Waals surface area contributed by atoms with E-state index in [9.17, 15) is 14.3 Å². The van der Waals surface area contributed by atoms with Gasteiger partial charge in [0.15, 0.2) is 0 Å². The Hall–Kier alpha value is -1.66. The zero-order valence-corrected chi connectivity index (χ0v) is 10.9. The first-order valence-electron chi connectivity index (χ1n) is 6.75. The molecule has 0 aromatic heterocycles. The zero-order chi connectivity index (χ0) is 14.3. The quantitative estimate of drug-likeness (QED) is 0.747. The lowest BCUT2D eigenvalue weighted by Crippen LogP contribution is -2.72. The smallest absolute Gasteiger partial charge is 0.258 e. The Bertz CT molecular complexity index is 517. The summed E-state index contributed by atoms with van der Waals surface area (Å²) >= 11 is 0. The number of rotatable bonds is 2. The number of hydrogen-bond acceptors (Lipinski definition) is 4. The van der Waals surface area contributed by atoms with Gasteiger partial charge < -0.3 is 20.9 Å². The van der Waals surface area contributed by atoms with Crippen LogP contribution in [0.25, 0.3) is 0 Å². The van der Waals surface area contributed by atoms with E-state index in [0.717, 1.165) is 18.9 Å². The maximum Gasteiger partial charge on any atom is 0.258 e. The Morgan fingerprint density at radius 3 is 3.05 bits per heavy atom. The van der Waals surface area contributed by atoms with E-state index in [0.29, 0.717) is 6.61 Å². The molecule has 1 amide bonds. The predicted molar refractivity (Wildman–Crippen MR) is 69.8 cm³/mol. The van der Waals surface area contributed by atoms with Gasteiger partial charge in [-0.25, -0.2) is 4.39 Å². The number of nitrogens with two attached hydrogens (primary N) is 1. The fourth-order valence-electron chi connectivity index (χ4n) is 3.09. The summed E-state index contributed by atoms with van der Waals surface area (Å²) in [5.41, 5.74) is 5.68. The van der Waals surface area contributed by atoms with Crippen molar-refractivity contribution in [1.29, 1.82) is 0 Å². The Morgan fingerprint density at radius 1 is 1.50 bits per heavy atom. The maximum absolute atomic E-state index is 13.6. The van der Waals surface area contributed by atoms with Crippen LogP contribution in [0.15, 0.2) is 18.2 Å². The normalized spacial score (nSPS) is 32.1. The summed E-state index contributed by atoms with van der Waals surface area (Å²) in [4.78, 5) is 12.1. The largest absolute Gasteiger partial charge is 0.507 e. The van der Waals surface area contributed by atoms with Gasteiger partial charge in [0.2, 0.25) is 0 Å². The van der Waals surface area contributed by atoms with Gasteiger partial charge in [0, 0.05) is 18.6 Å².